The van der Waals surface area contributed by atoms with Crippen LogP contribution in [0.1, 0.15) is 50.6 Å². The third kappa shape index (κ3) is 4.15. The highest BCUT2D eigenvalue weighted by Gasteiger charge is 2.30. The minimum atomic E-state index is -0.530. The molecule has 0 aliphatic heterocycles. The van der Waals surface area contributed by atoms with Crippen LogP contribution in [0.4, 0.5) is 0 Å². The molecular weight excluding hydrogens is 386 g/mol. The van der Waals surface area contributed by atoms with E-state index in [2.05, 4.69) is 10.5 Å². The Hall–Kier alpha value is -4.11. The van der Waals surface area contributed by atoms with E-state index in [0.29, 0.717) is 41.0 Å². The second kappa shape index (κ2) is 8.93. The molecule has 1 heterocycles. The Morgan fingerprint density at radius 3 is 2.50 bits per heavy atom. The van der Waals surface area contributed by atoms with Crippen molar-refractivity contribution in [2.45, 2.75) is 26.2 Å². The fourth-order valence-electron chi connectivity index (χ4n) is 3.29. The highest BCUT2D eigenvalue weighted by atomic mass is 16.4. The number of nitrogens with zero attached hydrogens (tertiary/aromatic N) is 4. The van der Waals surface area contributed by atoms with Crippen LogP contribution in [0.15, 0.2) is 33.8 Å². The quantitative estimate of drug-likeness (QED) is 0.577. The third-order valence-corrected chi connectivity index (χ3v) is 4.75. The van der Waals surface area contributed by atoms with Gasteiger partial charge in [0.15, 0.2) is 5.76 Å². The standard InChI is InChI=1S/C21H19N5O4/c1-13-18-16(24-25-20(28)14-5-7-15(27)8-6-14)3-2-4-17(18)30-19(13)21(29)26(11-9-22)12-10-23/h5-8,27H,2-4,11-12H2,1H3,(H,25,28)/b24-16+. The van der Waals surface area contributed by atoms with Gasteiger partial charge in [-0.15, -0.1) is 0 Å². The molecule has 1 aromatic heterocycles. The first-order valence-electron chi connectivity index (χ1n) is 9.28. The summed E-state index contributed by atoms with van der Waals surface area (Å²) in [5, 5.41) is 31.4. The lowest BCUT2D eigenvalue weighted by Gasteiger charge is -2.14. The van der Waals surface area contributed by atoms with Crippen molar-refractivity contribution >= 4 is 17.5 Å². The predicted octanol–water partition coefficient (Wildman–Crippen LogP) is 2.25. The van der Waals surface area contributed by atoms with Gasteiger partial charge in [-0.2, -0.15) is 15.6 Å². The zero-order valence-corrected chi connectivity index (χ0v) is 16.3. The summed E-state index contributed by atoms with van der Waals surface area (Å²) in [6, 6.07) is 9.52. The molecule has 9 nitrogen and oxygen atoms in total. The average molecular weight is 405 g/mol. The van der Waals surface area contributed by atoms with E-state index in [0.717, 1.165) is 11.3 Å². The molecule has 9 heteroatoms. The van der Waals surface area contributed by atoms with Crippen LogP contribution in [0.25, 0.3) is 0 Å². The Bertz CT molecular complexity index is 1070. The number of hydrogen-bond acceptors (Lipinski definition) is 7. The van der Waals surface area contributed by atoms with Gasteiger partial charge in [-0.1, -0.05) is 0 Å². The number of nitriles is 2. The molecule has 0 radical (unpaired) electrons. The van der Waals surface area contributed by atoms with Gasteiger partial charge < -0.3 is 14.4 Å². The molecular formula is C21H19N5O4. The summed E-state index contributed by atoms with van der Waals surface area (Å²) in [4.78, 5) is 26.2. The molecule has 0 bridgehead atoms. The molecule has 0 atom stereocenters. The van der Waals surface area contributed by atoms with Crippen molar-refractivity contribution in [2.75, 3.05) is 13.1 Å². The first-order valence-corrected chi connectivity index (χ1v) is 9.28. The summed E-state index contributed by atoms with van der Waals surface area (Å²) in [5.74, 6) is -0.236. The lowest BCUT2D eigenvalue weighted by atomic mass is 9.93. The molecule has 0 saturated heterocycles. The van der Waals surface area contributed by atoms with Gasteiger partial charge in [0.1, 0.15) is 24.6 Å². The Morgan fingerprint density at radius 2 is 1.87 bits per heavy atom. The summed E-state index contributed by atoms with van der Waals surface area (Å²) < 4.78 is 5.78. The van der Waals surface area contributed by atoms with Gasteiger partial charge in [-0.05, 0) is 44.0 Å². The zero-order valence-electron chi connectivity index (χ0n) is 16.3. The van der Waals surface area contributed by atoms with Crippen LogP contribution < -0.4 is 5.43 Å². The Balaban J connectivity index is 1.87. The molecule has 2 aromatic rings. The van der Waals surface area contributed by atoms with Crippen LogP contribution in [0.5, 0.6) is 5.75 Å². The number of carbonyl (C=O) groups excluding carboxylic acids is 2. The van der Waals surface area contributed by atoms with Gasteiger partial charge >= 0.3 is 0 Å². The molecule has 2 amide bonds. The normalized spacial score (nSPS) is 13.8. The van der Waals surface area contributed by atoms with E-state index in [-0.39, 0.29) is 24.6 Å². The number of hydrazone groups is 1. The third-order valence-electron chi connectivity index (χ3n) is 4.75. The molecule has 1 aliphatic rings. The first kappa shape index (κ1) is 20.6. The van der Waals surface area contributed by atoms with Crippen LogP contribution in [-0.2, 0) is 6.42 Å². The largest absolute Gasteiger partial charge is 0.508 e. The molecule has 0 fully saturated rings. The summed E-state index contributed by atoms with van der Waals surface area (Å²) in [6.45, 7) is 1.27. The minimum Gasteiger partial charge on any atom is -0.508 e. The molecule has 152 valence electrons. The van der Waals surface area contributed by atoms with E-state index in [9.17, 15) is 14.7 Å². The highest BCUT2D eigenvalue weighted by molar-refractivity contribution is 6.07. The molecule has 2 N–H and O–H groups in total. The van der Waals surface area contributed by atoms with Crippen LogP contribution in [-0.4, -0.2) is 40.6 Å². The van der Waals surface area contributed by atoms with Crippen LogP contribution in [0, 0.1) is 29.6 Å². The zero-order chi connectivity index (χ0) is 21.7. The maximum atomic E-state index is 12.7. The maximum absolute atomic E-state index is 12.7. The van der Waals surface area contributed by atoms with Gasteiger partial charge in [0.2, 0.25) is 0 Å². The average Bonchev–Trinajstić information content (AvgIpc) is 3.09. The van der Waals surface area contributed by atoms with Crippen molar-refractivity contribution in [1.82, 2.24) is 10.3 Å². The van der Waals surface area contributed by atoms with Crippen LogP contribution >= 0.6 is 0 Å². The van der Waals surface area contributed by atoms with Crippen LogP contribution in [0.2, 0.25) is 0 Å². The summed E-state index contributed by atoms with van der Waals surface area (Å²) in [5.41, 5.74) is 4.67. The maximum Gasteiger partial charge on any atom is 0.291 e. The van der Waals surface area contributed by atoms with Gasteiger partial charge in [0.05, 0.1) is 17.9 Å². The number of furan rings is 1. The van der Waals surface area contributed by atoms with E-state index in [1.807, 2.05) is 12.1 Å². The Labute approximate surface area is 172 Å². The summed E-state index contributed by atoms with van der Waals surface area (Å²) in [6.07, 6.45) is 1.95. The fourth-order valence-corrected chi connectivity index (χ4v) is 3.29. The molecule has 0 spiro atoms. The van der Waals surface area contributed by atoms with Gasteiger partial charge in [0, 0.05) is 23.1 Å². The predicted molar refractivity (Wildman–Crippen MR) is 106 cm³/mol. The van der Waals surface area contributed by atoms with E-state index in [1.54, 1.807) is 6.92 Å². The van der Waals surface area contributed by atoms with E-state index < -0.39 is 11.8 Å². The highest BCUT2D eigenvalue weighted by Crippen LogP contribution is 2.30. The summed E-state index contributed by atoms with van der Waals surface area (Å²) in [7, 11) is 0. The monoisotopic (exact) mass is 405 g/mol. The number of fused-ring (bicyclic) bond motifs is 1. The summed E-state index contributed by atoms with van der Waals surface area (Å²) >= 11 is 0. The van der Waals surface area contributed by atoms with Crippen molar-refractivity contribution in [3.63, 3.8) is 0 Å². The number of amides is 2. The second-order valence-electron chi connectivity index (χ2n) is 6.73. The molecule has 30 heavy (non-hydrogen) atoms. The number of aryl methyl sites for hydroxylation is 1. The molecule has 1 aliphatic carbocycles. The van der Waals surface area contributed by atoms with Crippen molar-refractivity contribution in [2.24, 2.45) is 5.10 Å². The number of carbonyl (C=O) groups is 2. The SMILES string of the molecule is Cc1c(C(=O)N(CC#N)CC#N)oc2c1/C(=N/NC(=O)c1ccc(O)cc1)CCC2. The van der Waals surface area contributed by atoms with Crippen molar-refractivity contribution in [3.8, 4) is 17.9 Å². The second-order valence-corrected chi connectivity index (χ2v) is 6.73. The van der Waals surface area contributed by atoms with Gasteiger partial charge in [-0.25, -0.2) is 5.43 Å². The van der Waals surface area contributed by atoms with E-state index in [1.165, 1.54) is 24.3 Å². The molecule has 0 saturated carbocycles. The number of aromatic hydroxyl groups is 1. The number of rotatable bonds is 5. The fraction of sp³-hybridized carbons (Fsp3) is 0.286. The van der Waals surface area contributed by atoms with E-state index >= 15 is 0 Å². The van der Waals surface area contributed by atoms with Crippen molar-refractivity contribution < 1.29 is 19.1 Å². The van der Waals surface area contributed by atoms with Crippen molar-refractivity contribution in [3.05, 3.63) is 52.5 Å². The molecule has 1 aromatic carbocycles. The molecule has 3 rings (SSSR count). The number of benzene rings is 1. The van der Waals surface area contributed by atoms with Crippen LogP contribution in [0.3, 0.4) is 0 Å². The Morgan fingerprint density at radius 1 is 1.20 bits per heavy atom. The number of phenolic OH excluding ortho intramolecular Hbond substituents is 1. The van der Waals surface area contributed by atoms with E-state index in [4.69, 9.17) is 14.9 Å². The smallest absolute Gasteiger partial charge is 0.291 e. The minimum absolute atomic E-state index is 0.0582. The Kier molecular flexibility index (Phi) is 6.14. The molecule has 0 unspecified atom stereocenters. The number of hydrogen-bond donors (Lipinski definition) is 2. The van der Waals surface area contributed by atoms with Gasteiger partial charge in [-0.3, -0.25) is 9.59 Å². The number of nitrogens with one attached hydrogen (secondary N) is 1. The lowest BCUT2D eigenvalue weighted by molar-refractivity contribution is 0.0760. The first-order chi connectivity index (χ1) is 14.5. The lowest BCUT2D eigenvalue weighted by Crippen LogP contribution is -2.32. The topological polar surface area (TPSA) is 143 Å². The van der Waals surface area contributed by atoms with Gasteiger partial charge in [0.25, 0.3) is 11.8 Å². The number of phenols is 1. The van der Waals surface area contributed by atoms with Crippen molar-refractivity contribution in [1.29, 1.82) is 10.5 Å².